The van der Waals surface area contributed by atoms with Crippen LogP contribution in [-0.4, -0.2) is 17.6 Å². The molecule has 0 N–H and O–H groups in total. The molecule has 0 bridgehead atoms. The van der Waals surface area contributed by atoms with E-state index < -0.39 is 0 Å². The second-order valence-electron chi connectivity index (χ2n) is 37.4. The summed E-state index contributed by atoms with van der Waals surface area (Å²) < 4.78 is 31.5. The summed E-state index contributed by atoms with van der Waals surface area (Å²) in [6.45, 7) is 0. The fourth-order valence-corrected chi connectivity index (χ4v) is 33.6. The number of rotatable bonds is 0. The molecule has 0 saturated carbocycles. The number of hydrogen-bond acceptors (Lipinski definition) is 8. The van der Waals surface area contributed by atoms with Crippen LogP contribution in [0.15, 0.2) is 413 Å². The second-order valence-corrected chi connectivity index (χ2v) is 46.0. The Labute approximate surface area is 826 Å². The average molecular weight is 1920 g/mol. The quantitative estimate of drug-likeness (QED) is 0.135. The van der Waals surface area contributed by atoms with Gasteiger partial charge in [-0.25, -0.2) is 0 Å². The molecule has 0 saturated heterocycles. The van der Waals surface area contributed by atoms with Gasteiger partial charge in [-0.1, -0.05) is 273 Å². The molecule has 0 unspecified atom stereocenters. The molecular formula is C128H68N4S8. The molecule has 36 aromatic rings. The van der Waals surface area contributed by atoms with E-state index in [4.69, 9.17) is 0 Å². The lowest BCUT2D eigenvalue weighted by Crippen LogP contribution is -1.90. The summed E-state index contributed by atoms with van der Waals surface area (Å²) in [5.41, 5.74) is 10.4. The van der Waals surface area contributed by atoms with Crippen LogP contribution in [0.4, 0.5) is 0 Å². The van der Waals surface area contributed by atoms with Gasteiger partial charge in [-0.05, 0) is 131 Å². The molecule has 0 aliphatic heterocycles. The Morgan fingerprint density at radius 2 is 0.393 bits per heavy atom. The Morgan fingerprint density at radius 3 is 0.843 bits per heavy atom. The minimum atomic E-state index is 1.28. The Morgan fingerprint density at radius 1 is 0.121 bits per heavy atom. The minimum absolute atomic E-state index is 1.28. The Bertz CT molecular complexity index is 12000. The van der Waals surface area contributed by atoms with E-state index >= 15 is 0 Å². The zero-order valence-electron chi connectivity index (χ0n) is 74.3. The monoisotopic (exact) mass is 1920 g/mol. The van der Waals surface area contributed by atoms with Crippen molar-refractivity contribution in [2.24, 2.45) is 0 Å². The highest BCUT2D eigenvalue weighted by molar-refractivity contribution is 7.29. The van der Waals surface area contributed by atoms with Crippen LogP contribution in [0, 0.1) is 0 Å². The zero-order valence-corrected chi connectivity index (χ0v) is 80.8. The predicted octanol–water partition coefficient (Wildman–Crippen LogP) is 40.5. The summed E-state index contributed by atoms with van der Waals surface area (Å²) in [4.78, 5) is 0. The zero-order chi connectivity index (χ0) is 90.7. The fourth-order valence-electron chi connectivity index (χ4n) is 24.2. The van der Waals surface area contributed by atoms with Crippen molar-refractivity contribution in [1.29, 1.82) is 0 Å². The highest BCUT2D eigenvalue weighted by Gasteiger charge is 2.27. The van der Waals surface area contributed by atoms with Crippen molar-refractivity contribution in [3.63, 3.8) is 0 Å². The molecule has 648 valence electrons. The van der Waals surface area contributed by atoms with Crippen LogP contribution >= 0.6 is 90.7 Å². The Kier molecular flexibility index (Phi) is 16.0. The highest BCUT2D eigenvalue weighted by atomic mass is 32.1. The third-order valence-electron chi connectivity index (χ3n) is 30.2. The first-order chi connectivity index (χ1) is 69.4. The van der Waals surface area contributed by atoms with Gasteiger partial charge in [-0.15, -0.1) is 90.7 Å². The topological polar surface area (TPSA) is 17.6 Å². The van der Waals surface area contributed by atoms with Crippen LogP contribution < -0.4 is 0 Å². The molecule has 0 aliphatic rings. The van der Waals surface area contributed by atoms with Gasteiger partial charge in [0, 0.05) is 273 Å². The summed E-state index contributed by atoms with van der Waals surface area (Å²) in [6, 6.07) is 144. The van der Waals surface area contributed by atoms with Gasteiger partial charge in [0.05, 0.1) is 48.8 Å². The number of aromatic nitrogens is 4. The van der Waals surface area contributed by atoms with Crippen LogP contribution in [0.1, 0.15) is 0 Å². The van der Waals surface area contributed by atoms with Crippen molar-refractivity contribution in [2.45, 2.75) is 0 Å². The normalized spacial score (nSPS) is 12.6. The average Bonchev–Trinajstić information content (AvgIpc) is 1.53. The molecule has 0 spiro atoms. The first kappa shape index (κ1) is 77.4. The molecule has 16 heterocycles. The van der Waals surface area contributed by atoms with Gasteiger partial charge in [0.2, 0.25) is 0 Å². The van der Waals surface area contributed by atoms with E-state index in [1.54, 1.807) is 0 Å². The van der Waals surface area contributed by atoms with Gasteiger partial charge >= 0.3 is 0 Å². The van der Waals surface area contributed by atoms with Crippen molar-refractivity contribution in [2.75, 3.05) is 0 Å². The van der Waals surface area contributed by atoms with E-state index in [0.717, 1.165) is 0 Å². The third-order valence-corrected chi connectivity index (χ3v) is 39.5. The molecule has 0 radical (unpaired) electrons. The number of fused-ring (bicyclic) bond motifs is 60. The van der Waals surface area contributed by atoms with Crippen LogP contribution in [0.2, 0.25) is 0 Å². The first-order valence-corrected chi connectivity index (χ1v) is 54.0. The van der Waals surface area contributed by atoms with Gasteiger partial charge in [0.15, 0.2) is 0 Å². The fraction of sp³-hybridized carbons (Fsp3) is 0. The van der Waals surface area contributed by atoms with Crippen LogP contribution in [0.25, 0.3) is 313 Å². The lowest BCUT2D eigenvalue weighted by molar-refractivity contribution is 1.30. The molecule has 0 atom stereocenters. The summed E-state index contributed by atoms with van der Waals surface area (Å²) in [5, 5.41) is 48.2. The van der Waals surface area contributed by atoms with Gasteiger partial charge in [0.1, 0.15) is 0 Å². The van der Waals surface area contributed by atoms with Crippen LogP contribution in [-0.2, 0) is 0 Å². The molecule has 140 heavy (non-hydrogen) atoms. The van der Waals surface area contributed by atoms with E-state index in [0.29, 0.717) is 0 Å². The molecular weight excluding hydrogens is 1850 g/mol. The smallest absolute Gasteiger partial charge is 0.0714 e. The van der Waals surface area contributed by atoms with Gasteiger partial charge in [-0.3, -0.25) is 0 Å². The van der Waals surface area contributed by atoms with Crippen molar-refractivity contribution in [3.05, 3.63) is 413 Å². The summed E-state index contributed by atoms with van der Waals surface area (Å²) >= 11 is 15.3. The summed E-state index contributed by atoms with van der Waals surface area (Å²) in [5.74, 6) is 0. The van der Waals surface area contributed by atoms with Crippen molar-refractivity contribution in [1.82, 2.24) is 17.6 Å². The molecule has 12 heteroatoms. The number of nitrogens with zero attached hydrogens (tertiary/aromatic N) is 4. The SMILES string of the molecule is c1ccc2c(c1)cn1c2c2ccc3sc4ccccc4c3c2c2ccc3c4ccccc4sc3c21.c1ccc2c(c1)cn1c3cc4c(cc3c3cc5sc6ccccc6c5cc3c21)sc1ccccc14.c1ccc2c(c1)cn1c3ccc4c5ccccc5sc4c3c3cc4c(cc3c21)sc1ccccc14.c1ccc2c(c1)cn1c3ccc4c5ccccc5sc4c3c3cc4sc5ccccc5c4cc3c21. The van der Waals surface area contributed by atoms with Crippen LogP contribution in [0.5, 0.6) is 0 Å². The standard InChI is InChI=1S/4C32H17NS2/c1-2-8-19-18(7-1)17-33-26-14-13-22-20-9-3-6-12-28(20)35-32(22)30(26)24-16-29-23(15-25(24)31(19)33)21-10-4-5-11-27(21)34-29;1-2-8-19-18(7-1)17-33-26-14-13-22-20-9-3-6-12-28(20)35-32(22)30(26)24-15-23-21-10-4-5-11-27(21)34-29(23)16-25(24)31(19)33;1-2-8-19-18(7-1)17-33-27-14-25-21-10-4-6-12-29(21)35-31(25)16-23(27)22-15-30-24(13-26(22)32(19)33)20-9-3-5-11-28(20)34-30;1-2-8-19-18(7-1)17-33-30(19)23-15-16-27-29(22-10-4-6-12-26(22)34-27)28(23)24-14-13-21-20-9-3-5-11-25(20)35-32(21)31(24)33/h4*1-17H. The maximum atomic E-state index is 2.47. The first-order valence-electron chi connectivity index (χ1n) is 47.4. The minimum Gasteiger partial charge on any atom is -0.315 e. The van der Waals surface area contributed by atoms with E-state index in [1.165, 1.54) is 313 Å². The summed E-state index contributed by atoms with van der Waals surface area (Å²) in [7, 11) is 0. The molecule has 36 rings (SSSR count). The van der Waals surface area contributed by atoms with E-state index in [-0.39, 0.29) is 0 Å². The molecule has 0 fully saturated rings. The molecule has 20 aromatic carbocycles. The van der Waals surface area contributed by atoms with Crippen LogP contribution in [0.3, 0.4) is 0 Å². The maximum Gasteiger partial charge on any atom is 0.0714 e. The largest absolute Gasteiger partial charge is 0.315 e. The third kappa shape index (κ3) is 10.8. The second kappa shape index (κ2) is 29.0. The molecule has 16 aromatic heterocycles. The molecule has 0 aliphatic carbocycles. The predicted molar refractivity (Wildman–Crippen MR) is 623 cm³/mol. The highest BCUT2D eigenvalue weighted by Crippen LogP contribution is 2.54. The number of thiophene rings is 8. The Balaban J connectivity index is 0.0000000829. The van der Waals surface area contributed by atoms with Crippen molar-refractivity contribution in [3.8, 4) is 0 Å². The number of benzene rings is 20. The van der Waals surface area contributed by atoms with E-state index in [2.05, 4.69) is 431 Å². The molecule has 4 nitrogen and oxygen atoms in total. The van der Waals surface area contributed by atoms with E-state index in [1.807, 2.05) is 90.7 Å². The van der Waals surface area contributed by atoms with Gasteiger partial charge < -0.3 is 17.6 Å². The van der Waals surface area contributed by atoms with Gasteiger partial charge in [-0.2, -0.15) is 0 Å². The summed E-state index contributed by atoms with van der Waals surface area (Å²) in [6.07, 6.45) is 9.30. The Hall–Kier alpha value is -15.7. The van der Waals surface area contributed by atoms with Crippen molar-refractivity contribution >= 4 is 404 Å². The number of hydrogen-bond donors (Lipinski definition) is 0. The number of pyridine rings is 4. The maximum absolute atomic E-state index is 2.47. The van der Waals surface area contributed by atoms with Crippen molar-refractivity contribution < 1.29 is 0 Å². The molecule has 0 amide bonds. The van der Waals surface area contributed by atoms with E-state index in [9.17, 15) is 0 Å². The lowest BCUT2D eigenvalue weighted by Gasteiger charge is -2.12. The lowest BCUT2D eigenvalue weighted by atomic mass is 9.97. The van der Waals surface area contributed by atoms with Gasteiger partial charge in [0.25, 0.3) is 0 Å².